The average molecular weight is 343 g/mol. The van der Waals surface area contributed by atoms with Crippen LogP contribution in [0, 0.1) is 0 Å². The predicted molar refractivity (Wildman–Crippen MR) is 88.8 cm³/mol. The van der Waals surface area contributed by atoms with Crippen LogP contribution in [0.1, 0.15) is 39.7 Å². The highest BCUT2D eigenvalue weighted by Crippen LogP contribution is 2.29. The molecule has 0 aliphatic heterocycles. The first-order valence-corrected chi connectivity index (χ1v) is 7.72. The largest absolute Gasteiger partial charge is 0.417 e. The minimum atomic E-state index is -4.44. The Hall–Kier alpha value is -2.05. The van der Waals surface area contributed by atoms with Gasteiger partial charge >= 0.3 is 6.18 Å². The number of nitrogens with zero attached hydrogens (tertiary/aromatic N) is 2. The van der Waals surface area contributed by atoms with Crippen molar-refractivity contribution in [2.75, 3.05) is 11.4 Å². The van der Waals surface area contributed by atoms with Crippen LogP contribution in [-0.4, -0.2) is 29.0 Å². The van der Waals surface area contributed by atoms with Gasteiger partial charge in [-0.1, -0.05) is 13.0 Å². The van der Waals surface area contributed by atoms with Gasteiger partial charge in [0.15, 0.2) is 0 Å². The molecule has 1 N–H and O–H groups in total. The molecule has 1 heterocycles. The van der Waals surface area contributed by atoms with E-state index in [2.05, 4.69) is 16.9 Å². The van der Waals surface area contributed by atoms with Gasteiger partial charge < -0.3 is 10.2 Å². The fourth-order valence-corrected chi connectivity index (χ4v) is 2.24. The summed E-state index contributed by atoms with van der Waals surface area (Å²) < 4.78 is 38.0. The Labute approximate surface area is 140 Å². The van der Waals surface area contributed by atoms with Gasteiger partial charge in [0.1, 0.15) is 11.9 Å². The van der Waals surface area contributed by atoms with Crippen molar-refractivity contribution in [1.29, 1.82) is 0 Å². The van der Waals surface area contributed by atoms with Crippen LogP contribution in [0.2, 0.25) is 0 Å². The van der Waals surface area contributed by atoms with Crippen LogP contribution in [0.4, 0.5) is 19.0 Å². The Morgan fingerprint density at radius 1 is 1.38 bits per heavy atom. The van der Waals surface area contributed by atoms with Crippen molar-refractivity contribution in [3.8, 4) is 0 Å². The highest BCUT2D eigenvalue weighted by atomic mass is 19.4. The van der Waals surface area contributed by atoms with E-state index in [1.165, 1.54) is 6.07 Å². The van der Waals surface area contributed by atoms with Gasteiger partial charge in [0.05, 0.1) is 5.56 Å². The normalized spacial score (nSPS) is 13.3. The molecule has 0 saturated carbocycles. The molecule has 7 heteroatoms. The zero-order valence-electron chi connectivity index (χ0n) is 14.4. The lowest BCUT2D eigenvalue weighted by Crippen LogP contribution is -2.52. The van der Waals surface area contributed by atoms with Crippen LogP contribution in [-0.2, 0) is 11.0 Å². The summed E-state index contributed by atoms with van der Waals surface area (Å²) in [4.78, 5) is 18.0. The molecule has 0 fully saturated rings. The van der Waals surface area contributed by atoms with Gasteiger partial charge in [0.25, 0.3) is 0 Å². The molecule has 0 aliphatic rings. The van der Waals surface area contributed by atoms with E-state index in [4.69, 9.17) is 0 Å². The third-order valence-corrected chi connectivity index (χ3v) is 3.26. The lowest BCUT2D eigenvalue weighted by Gasteiger charge is -2.33. The topological polar surface area (TPSA) is 45.2 Å². The van der Waals surface area contributed by atoms with E-state index < -0.39 is 23.3 Å². The maximum atomic E-state index is 12.7. The molecular formula is C17H24F3N3O. The molecule has 24 heavy (non-hydrogen) atoms. The second-order valence-electron chi connectivity index (χ2n) is 6.51. The van der Waals surface area contributed by atoms with E-state index >= 15 is 0 Å². The van der Waals surface area contributed by atoms with Gasteiger partial charge in [-0.2, -0.15) is 13.2 Å². The molecular weight excluding hydrogens is 319 g/mol. The van der Waals surface area contributed by atoms with Crippen molar-refractivity contribution in [3.63, 3.8) is 0 Å². The Morgan fingerprint density at radius 3 is 2.38 bits per heavy atom. The number of carbonyl (C=O) groups excluding carboxylic acids is 1. The summed E-state index contributed by atoms with van der Waals surface area (Å²) in [7, 11) is 0. The third-order valence-electron chi connectivity index (χ3n) is 3.26. The fourth-order valence-electron chi connectivity index (χ4n) is 2.24. The van der Waals surface area contributed by atoms with Crippen LogP contribution in [0.5, 0.6) is 0 Å². The average Bonchev–Trinajstić information content (AvgIpc) is 2.44. The molecule has 0 saturated heterocycles. The Kier molecular flexibility index (Phi) is 6.40. The number of amides is 1. The first-order chi connectivity index (χ1) is 11.0. The number of carbonyl (C=O) groups is 1. The lowest BCUT2D eigenvalue weighted by atomic mass is 10.1. The van der Waals surface area contributed by atoms with E-state index in [0.29, 0.717) is 18.8 Å². The minimum Gasteiger partial charge on any atom is -0.350 e. The molecule has 0 spiro atoms. The quantitative estimate of drug-likeness (QED) is 0.800. The fraction of sp³-hybridized carbons (Fsp3) is 0.529. The molecule has 0 aromatic carbocycles. The van der Waals surface area contributed by atoms with Gasteiger partial charge in [0.2, 0.25) is 5.91 Å². The first kappa shape index (κ1) is 20.0. The SMILES string of the molecule is C=CCN(c1ccc(C(F)(F)F)cn1)[C@@H](CC)C(=O)NC(C)(C)C. The maximum Gasteiger partial charge on any atom is 0.417 e. The van der Waals surface area contributed by atoms with Crippen molar-refractivity contribution in [1.82, 2.24) is 10.3 Å². The molecule has 0 bridgehead atoms. The molecule has 0 unspecified atom stereocenters. The summed E-state index contributed by atoms with van der Waals surface area (Å²) in [6, 6.07) is 1.69. The molecule has 0 radical (unpaired) electrons. The molecule has 134 valence electrons. The van der Waals surface area contributed by atoms with Crippen LogP contribution >= 0.6 is 0 Å². The standard InChI is InChI=1S/C17H24F3N3O/c1-6-10-23(13(7-2)15(24)22-16(3,4)5)14-9-8-12(11-21-14)17(18,19)20/h6,8-9,11,13H,1,7,10H2,2-5H3,(H,22,24)/t13-/m0/s1. The number of rotatable bonds is 6. The summed E-state index contributed by atoms with van der Waals surface area (Å²) >= 11 is 0. The zero-order chi connectivity index (χ0) is 18.5. The number of pyridine rings is 1. The monoisotopic (exact) mass is 343 g/mol. The number of hydrogen-bond donors (Lipinski definition) is 1. The van der Waals surface area contributed by atoms with E-state index in [9.17, 15) is 18.0 Å². The molecule has 4 nitrogen and oxygen atoms in total. The Balaban J connectivity index is 3.11. The van der Waals surface area contributed by atoms with Crippen LogP contribution in [0.25, 0.3) is 0 Å². The highest BCUT2D eigenvalue weighted by Gasteiger charge is 2.32. The summed E-state index contributed by atoms with van der Waals surface area (Å²) in [5.74, 6) is 0.104. The summed E-state index contributed by atoms with van der Waals surface area (Å²) in [5, 5.41) is 2.89. The van der Waals surface area contributed by atoms with Gasteiger partial charge in [-0.05, 0) is 39.3 Å². The van der Waals surface area contributed by atoms with Crippen LogP contribution in [0.3, 0.4) is 0 Å². The molecule has 1 rings (SSSR count). The van der Waals surface area contributed by atoms with Crippen LogP contribution in [0.15, 0.2) is 31.0 Å². The van der Waals surface area contributed by atoms with Crippen molar-refractivity contribution in [3.05, 3.63) is 36.5 Å². The van der Waals surface area contributed by atoms with Crippen LogP contribution < -0.4 is 10.2 Å². The third kappa shape index (κ3) is 5.54. The van der Waals surface area contributed by atoms with Gasteiger partial charge in [-0.25, -0.2) is 4.98 Å². The van der Waals surface area contributed by atoms with Crippen molar-refractivity contribution in [2.45, 2.75) is 51.9 Å². The van der Waals surface area contributed by atoms with Crippen molar-refractivity contribution < 1.29 is 18.0 Å². The summed E-state index contributed by atoms with van der Waals surface area (Å²) in [5.41, 5.74) is -1.23. The van der Waals surface area contributed by atoms with E-state index in [1.807, 2.05) is 27.7 Å². The van der Waals surface area contributed by atoms with Gasteiger partial charge in [-0.3, -0.25) is 4.79 Å². The maximum absolute atomic E-state index is 12.7. The molecule has 0 aliphatic carbocycles. The smallest absolute Gasteiger partial charge is 0.350 e. The van der Waals surface area contributed by atoms with Gasteiger partial charge in [0, 0.05) is 18.3 Å². The molecule has 1 aromatic heterocycles. The number of hydrogen-bond acceptors (Lipinski definition) is 3. The van der Waals surface area contributed by atoms with Crippen molar-refractivity contribution >= 4 is 11.7 Å². The first-order valence-electron chi connectivity index (χ1n) is 7.72. The van der Waals surface area contributed by atoms with Gasteiger partial charge in [-0.15, -0.1) is 6.58 Å². The van der Waals surface area contributed by atoms with Crippen molar-refractivity contribution in [2.24, 2.45) is 0 Å². The second kappa shape index (κ2) is 7.68. The minimum absolute atomic E-state index is 0.200. The summed E-state index contributed by atoms with van der Waals surface area (Å²) in [6.45, 7) is 11.4. The number of nitrogens with one attached hydrogen (secondary N) is 1. The number of halogens is 3. The summed E-state index contributed by atoms with van der Waals surface area (Å²) in [6.07, 6.45) is -1.59. The highest BCUT2D eigenvalue weighted by molar-refractivity contribution is 5.85. The number of aromatic nitrogens is 1. The predicted octanol–water partition coefficient (Wildman–Crippen LogP) is 3.79. The Bertz CT molecular complexity index is 562. The van der Waals surface area contributed by atoms with E-state index in [-0.39, 0.29) is 5.91 Å². The molecule has 1 aromatic rings. The second-order valence-corrected chi connectivity index (χ2v) is 6.51. The van der Waals surface area contributed by atoms with E-state index in [0.717, 1.165) is 12.3 Å². The van der Waals surface area contributed by atoms with E-state index in [1.54, 1.807) is 11.0 Å². The zero-order valence-corrected chi connectivity index (χ0v) is 14.4. The lowest BCUT2D eigenvalue weighted by molar-refractivity contribution is -0.137. The number of alkyl halides is 3. The number of anilines is 1. The molecule has 1 amide bonds. The Morgan fingerprint density at radius 2 is 2.00 bits per heavy atom. The molecule has 1 atom stereocenters.